The number of amides is 2. The summed E-state index contributed by atoms with van der Waals surface area (Å²) in [6, 6.07) is 16.4. The van der Waals surface area contributed by atoms with E-state index >= 15 is 0 Å². The molecule has 0 aliphatic carbocycles. The molecule has 0 radical (unpaired) electrons. The molecule has 0 aliphatic rings. The Morgan fingerprint density at radius 2 is 1.72 bits per heavy atom. The maximum absolute atomic E-state index is 13.0. The number of anilines is 1. The van der Waals surface area contributed by atoms with Gasteiger partial charge in [0.15, 0.2) is 0 Å². The van der Waals surface area contributed by atoms with Gasteiger partial charge in [0.25, 0.3) is 11.8 Å². The number of ether oxygens (including phenoxy) is 1. The standard InChI is InChI=1S/C23H22N2O3S/c1-15-6-9-17(10-7-15)22(26)25-20(14-18-5-4-12-29-18)23(27)24-19-13-16(2)8-11-21(19)28-3/h4-14H,1-3H3,(H,24,27)(H,25,26)/b20-14-. The van der Waals surface area contributed by atoms with Crippen molar-refractivity contribution in [1.29, 1.82) is 0 Å². The first kappa shape index (κ1) is 20.4. The first-order valence-corrected chi connectivity index (χ1v) is 9.93. The first-order valence-electron chi connectivity index (χ1n) is 9.05. The zero-order chi connectivity index (χ0) is 20.8. The van der Waals surface area contributed by atoms with Crippen molar-refractivity contribution in [2.45, 2.75) is 13.8 Å². The van der Waals surface area contributed by atoms with Crippen LogP contribution in [-0.2, 0) is 4.79 Å². The molecule has 1 heterocycles. The summed E-state index contributed by atoms with van der Waals surface area (Å²) in [6.45, 7) is 3.88. The van der Waals surface area contributed by atoms with E-state index in [0.717, 1.165) is 16.0 Å². The van der Waals surface area contributed by atoms with E-state index in [2.05, 4.69) is 10.6 Å². The third-order valence-corrected chi connectivity index (χ3v) is 5.06. The normalized spacial score (nSPS) is 11.1. The molecule has 0 fully saturated rings. The van der Waals surface area contributed by atoms with Gasteiger partial charge in [-0.2, -0.15) is 0 Å². The minimum atomic E-state index is -0.428. The monoisotopic (exact) mass is 406 g/mol. The number of hydrogen-bond acceptors (Lipinski definition) is 4. The van der Waals surface area contributed by atoms with Crippen molar-refractivity contribution < 1.29 is 14.3 Å². The van der Waals surface area contributed by atoms with Crippen molar-refractivity contribution >= 4 is 34.9 Å². The van der Waals surface area contributed by atoms with Crippen molar-refractivity contribution in [1.82, 2.24) is 5.32 Å². The number of carbonyl (C=O) groups is 2. The first-order chi connectivity index (χ1) is 14.0. The number of methoxy groups -OCH3 is 1. The molecule has 148 valence electrons. The Balaban J connectivity index is 1.87. The van der Waals surface area contributed by atoms with Crippen molar-refractivity contribution in [2.75, 3.05) is 12.4 Å². The Morgan fingerprint density at radius 3 is 2.38 bits per heavy atom. The number of carbonyl (C=O) groups excluding carboxylic acids is 2. The molecule has 2 aromatic carbocycles. The van der Waals surface area contributed by atoms with E-state index in [1.165, 1.54) is 11.3 Å². The molecule has 6 heteroatoms. The van der Waals surface area contributed by atoms with E-state index in [4.69, 9.17) is 4.74 Å². The lowest BCUT2D eigenvalue weighted by Gasteiger charge is -2.14. The van der Waals surface area contributed by atoms with Gasteiger partial charge in [0.05, 0.1) is 12.8 Å². The summed E-state index contributed by atoms with van der Waals surface area (Å²) in [4.78, 5) is 26.5. The van der Waals surface area contributed by atoms with Crippen LogP contribution < -0.4 is 15.4 Å². The van der Waals surface area contributed by atoms with E-state index < -0.39 is 5.91 Å². The van der Waals surface area contributed by atoms with Crippen molar-refractivity contribution in [3.63, 3.8) is 0 Å². The van der Waals surface area contributed by atoms with Crippen LogP contribution >= 0.6 is 11.3 Å². The molecule has 29 heavy (non-hydrogen) atoms. The molecule has 0 saturated carbocycles. The number of benzene rings is 2. The number of hydrogen-bond donors (Lipinski definition) is 2. The molecule has 0 bridgehead atoms. The SMILES string of the molecule is COc1ccc(C)cc1NC(=O)/C(=C/c1cccs1)NC(=O)c1ccc(C)cc1. The van der Waals surface area contributed by atoms with Crippen LogP contribution in [0.2, 0.25) is 0 Å². The lowest BCUT2D eigenvalue weighted by molar-refractivity contribution is -0.113. The number of thiophene rings is 1. The predicted molar refractivity (Wildman–Crippen MR) is 117 cm³/mol. The molecule has 3 rings (SSSR count). The van der Waals surface area contributed by atoms with E-state index in [1.54, 1.807) is 31.4 Å². The molecule has 0 spiro atoms. The van der Waals surface area contributed by atoms with Gasteiger partial charge in [-0.15, -0.1) is 11.3 Å². The Bertz CT molecular complexity index is 1040. The number of rotatable bonds is 6. The van der Waals surface area contributed by atoms with Crippen LogP contribution in [0.1, 0.15) is 26.4 Å². The quantitative estimate of drug-likeness (QED) is 0.579. The zero-order valence-electron chi connectivity index (χ0n) is 16.5. The molecule has 0 unspecified atom stereocenters. The Labute approximate surface area is 174 Å². The predicted octanol–water partition coefficient (Wildman–Crippen LogP) is 4.78. The van der Waals surface area contributed by atoms with E-state index in [1.807, 2.05) is 55.6 Å². The third-order valence-electron chi connectivity index (χ3n) is 4.24. The average molecular weight is 407 g/mol. The Hall–Kier alpha value is -3.38. The maximum Gasteiger partial charge on any atom is 0.272 e. The summed E-state index contributed by atoms with van der Waals surface area (Å²) in [5.74, 6) is -0.230. The second-order valence-corrected chi connectivity index (χ2v) is 7.53. The molecule has 2 amide bonds. The van der Waals surface area contributed by atoms with Crippen LogP contribution in [0.15, 0.2) is 65.7 Å². The fraction of sp³-hybridized carbons (Fsp3) is 0.130. The largest absolute Gasteiger partial charge is 0.495 e. The fourth-order valence-corrected chi connectivity index (χ4v) is 3.34. The topological polar surface area (TPSA) is 67.4 Å². The molecule has 5 nitrogen and oxygen atoms in total. The second-order valence-electron chi connectivity index (χ2n) is 6.55. The highest BCUT2D eigenvalue weighted by Gasteiger charge is 2.17. The van der Waals surface area contributed by atoms with Crippen LogP contribution in [-0.4, -0.2) is 18.9 Å². The zero-order valence-corrected chi connectivity index (χ0v) is 17.3. The molecular weight excluding hydrogens is 384 g/mol. The van der Waals surface area contributed by atoms with Gasteiger partial charge < -0.3 is 15.4 Å². The third kappa shape index (κ3) is 5.33. The minimum absolute atomic E-state index is 0.154. The van der Waals surface area contributed by atoms with Crippen molar-refractivity contribution in [3.8, 4) is 5.75 Å². The number of aryl methyl sites for hydroxylation is 2. The highest BCUT2D eigenvalue weighted by Crippen LogP contribution is 2.26. The summed E-state index contributed by atoms with van der Waals surface area (Å²) < 4.78 is 5.33. The van der Waals surface area contributed by atoms with Crippen LogP contribution in [0.3, 0.4) is 0 Å². The maximum atomic E-state index is 13.0. The molecule has 0 saturated heterocycles. The lowest BCUT2D eigenvalue weighted by atomic mass is 10.1. The smallest absolute Gasteiger partial charge is 0.272 e. The highest BCUT2D eigenvalue weighted by molar-refractivity contribution is 7.10. The molecule has 3 aromatic rings. The summed E-state index contributed by atoms with van der Waals surface area (Å²) in [5, 5.41) is 7.49. The van der Waals surface area contributed by atoms with Gasteiger partial charge >= 0.3 is 0 Å². The summed E-state index contributed by atoms with van der Waals surface area (Å²) in [7, 11) is 1.54. The fourth-order valence-electron chi connectivity index (χ4n) is 2.68. The summed E-state index contributed by atoms with van der Waals surface area (Å²) in [5.41, 5.74) is 3.21. The molecular formula is C23H22N2O3S. The minimum Gasteiger partial charge on any atom is -0.495 e. The Morgan fingerprint density at radius 1 is 1.00 bits per heavy atom. The lowest BCUT2D eigenvalue weighted by Crippen LogP contribution is -2.30. The molecule has 2 N–H and O–H groups in total. The van der Waals surface area contributed by atoms with Gasteiger partial charge in [0.2, 0.25) is 0 Å². The van der Waals surface area contributed by atoms with E-state index in [-0.39, 0.29) is 11.6 Å². The van der Waals surface area contributed by atoms with Gasteiger partial charge in [-0.1, -0.05) is 29.8 Å². The van der Waals surface area contributed by atoms with Gasteiger partial charge in [0, 0.05) is 10.4 Å². The van der Waals surface area contributed by atoms with Crippen LogP contribution in [0.5, 0.6) is 5.75 Å². The average Bonchev–Trinajstić information content (AvgIpc) is 3.21. The Kier molecular flexibility index (Phi) is 6.46. The summed E-state index contributed by atoms with van der Waals surface area (Å²) >= 11 is 1.48. The van der Waals surface area contributed by atoms with E-state index in [9.17, 15) is 9.59 Å². The van der Waals surface area contributed by atoms with Crippen LogP contribution in [0.4, 0.5) is 5.69 Å². The highest BCUT2D eigenvalue weighted by atomic mass is 32.1. The van der Waals surface area contributed by atoms with Crippen LogP contribution in [0.25, 0.3) is 6.08 Å². The second kappa shape index (κ2) is 9.21. The summed E-state index contributed by atoms with van der Waals surface area (Å²) in [6.07, 6.45) is 1.66. The number of nitrogens with one attached hydrogen (secondary N) is 2. The van der Waals surface area contributed by atoms with Crippen molar-refractivity contribution in [3.05, 3.63) is 87.2 Å². The van der Waals surface area contributed by atoms with Gasteiger partial charge in [0.1, 0.15) is 11.4 Å². The van der Waals surface area contributed by atoms with Crippen LogP contribution in [0, 0.1) is 13.8 Å². The van der Waals surface area contributed by atoms with Gasteiger partial charge in [-0.05, 0) is 61.2 Å². The van der Waals surface area contributed by atoms with Gasteiger partial charge in [-0.3, -0.25) is 9.59 Å². The molecule has 0 atom stereocenters. The van der Waals surface area contributed by atoms with Crippen molar-refractivity contribution in [2.24, 2.45) is 0 Å². The molecule has 0 aliphatic heterocycles. The van der Waals surface area contributed by atoms with E-state index in [0.29, 0.717) is 17.0 Å². The van der Waals surface area contributed by atoms with Gasteiger partial charge in [-0.25, -0.2) is 0 Å². The molecule has 1 aromatic heterocycles.